The van der Waals surface area contributed by atoms with Gasteiger partial charge in [-0.3, -0.25) is 9.69 Å². The van der Waals surface area contributed by atoms with Crippen LogP contribution in [0.3, 0.4) is 0 Å². The Morgan fingerprint density at radius 2 is 2.05 bits per heavy atom. The fraction of sp³-hybridized carbons (Fsp3) is 0.333. The van der Waals surface area contributed by atoms with E-state index in [0.717, 1.165) is 12.0 Å². The number of thioether (sulfide) groups is 1. The number of hydrogen-bond donors (Lipinski definition) is 1. The van der Waals surface area contributed by atoms with Crippen LogP contribution in [0.5, 0.6) is 0 Å². The highest BCUT2D eigenvalue weighted by atomic mass is 32.2. The van der Waals surface area contributed by atoms with Crippen LogP contribution in [0, 0.1) is 0 Å². The molecule has 1 aliphatic heterocycles. The average Bonchev–Trinajstić information content (AvgIpc) is 2.46. The fourth-order valence-corrected chi connectivity index (χ4v) is 2.88. The molecule has 0 saturated heterocycles. The summed E-state index contributed by atoms with van der Waals surface area (Å²) in [7, 11) is 0. The van der Waals surface area contributed by atoms with E-state index in [4.69, 9.17) is 0 Å². The first-order valence-corrected chi connectivity index (χ1v) is 7.55. The molecule has 0 aromatic heterocycles. The molecular formula is C15H17NO3S. The Labute approximate surface area is 122 Å². The minimum absolute atomic E-state index is 0.165. The van der Waals surface area contributed by atoms with Crippen molar-refractivity contribution < 1.29 is 14.7 Å². The van der Waals surface area contributed by atoms with E-state index < -0.39 is 12.0 Å². The third-order valence-electron chi connectivity index (χ3n) is 3.33. The molecule has 0 saturated carbocycles. The fourth-order valence-electron chi connectivity index (χ4n) is 2.11. The predicted molar refractivity (Wildman–Crippen MR) is 80.2 cm³/mol. The summed E-state index contributed by atoms with van der Waals surface area (Å²) in [5.74, 6) is -0.878. The number of carbonyl (C=O) groups is 2. The van der Waals surface area contributed by atoms with Crippen LogP contribution in [-0.2, 0) is 16.0 Å². The zero-order valence-electron chi connectivity index (χ0n) is 11.5. The second-order valence-corrected chi connectivity index (χ2v) is 5.50. The van der Waals surface area contributed by atoms with Crippen molar-refractivity contribution in [3.8, 4) is 0 Å². The van der Waals surface area contributed by atoms with E-state index in [2.05, 4.69) is 6.92 Å². The molecule has 1 unspecified atom stereocenters. The minimum atomic E-state index is -0.999. The van der Waals surface area contributed by atoms with Crippen LogP contribution in [0.1, 0.15) is 25.0 Å². The van der Waals surface area contributed by atoms with Gasteiger partial charge >= 0.3 is 5.97 Å². The van der Waals surface area contributed by atoms with Gasteiger partial charge in [-0.25, -0.2) is 4.79 Å². The Hall–Kier alpha value is -1.75. The molecule has 0 bridgehead atoms. The lowest BCUT2D eigenvalue weighted by Crippen LogP contribution is -2.44. The summed E-state index contributed by atoms with van der Waals surface area (Å²) < 4.78 is 0. The maximum Gasteiger partial charge on any atom is 0.326 e. The molecule has 1 atom stereocenters. The molecule has 0 fully saturated rings. The Kier molecular flexibility index (Phi) is 4.49. The van der Waals surface area contributed by atoms with Crippen molar-refractivity contribution in [3.05, 3.63) is 40.8 Å². The Balaban J connectivity index is 2.37. The molecule has 1 heterocycles. The number of amides is 1. The quantitative estimate of drug-likeness (QED) is 0.926. The zero-order chi connectivity index (χ0) is 14.7. The molecule has 1 aliphatic rings. The van der Waals surface area contributed by atoms with Gasteiger partial charge in [-0.15, -0.1) is 11.8 Å². The molecule has 1 amide bonds. The van der Waals surface area contributed by atoms with Crippen LogP contribution in [-0.4, -0.2) is 33.7 Å². The lowest BCUT2D eigenvalue weighted by molar-refractivity contribution is -0.145. The molecule has 1 aromatic carbocycles. The van der Waals surface area contributed by atoms with Crippen molar-refractivity contribution in [2.24, 2.45) is 0 Å². The van der Waals surface area contributed by atoms with Gasteiger partial charge in [-0.2, -0.15) is 0 Å². The van der Waals surface area contributed by atoms with Crippen LogP contribution < -0.4 is 0 Å². The van der Waals surface area contributed by atoms with E-state index in [1.807, 2.05) is 29.7 Å². The highest BCUT2D eigenvalue weighted by Gasteiger charge is 2.31. The highest BCUT2D eigenvalue weighted by Crippen LogP contribution is 2.30. The Morgan fingerprint density at radius 1 is 1.40 bits per heavy atom. The normalized spacial score (nSPS) is 16.8. The molecule has 0 radical (unpaired) electrons. The van der Waals surface area contributed by atoms with Gasteiger partial charge in [-0.1, -0.05) is 31.2 Å². The molecule has 20 heavy (non-hydrogen) atoms. The van der Waals surface area contributed by atoms with Crippen LogP contribution in [0.2, 0.25) is 0 Å². The molecule has 1 aromatic rings. The van der Waals surface area contributed by atoms with E-state index >= 15 is 0 Å². The van der Waals surface area contributed by atoms with Crippen molar-refractivity contribution in [3.63, 3.8) is 0 Å². The topological polar surface area (TPSA) is 57.6 Å². The number of hydrogen-bond acceptors (Lipinski definition) is 3. The van der Waals surface area contributed by atoms with E-state index in [-0.39, 0.29) is 11.7 Å². The van der Waals surface area contributed by atoms with Crippen molar-refractivity contribution in [2.45, 2.75) is 26.3 Å². The van der Waals surface area contributed by atoms with Crippen molar-refractivity contribution >= 4 is 29.3 Å². The molecule has 4 nitrogen and oxygen atoms in total. The number of nitrogens with zero attached hydrogens (tertiary/aromatic N) is 1. The molecule has 5 heteroatoms. The minimum Gasteiger partial charge on any atom is -0.480 e. The van der Waals surface area contributed by atoms with Gasteiger partial charge in [0.2, 0.25) is 5.91 Å². The summed E-state index contributed by atoms with van der Waals surface area (Å²) in [5, 5.41) is 11.0. The third-order valence-corrected chi connectivity index (χ3v) is 4.14. The smallest absolute Gasteiger partial charge is 0.326 e. The standard InChI is InChI=1S/C15H17NO3S/c1-3-11-4-6-12(7-5-11)13-8-20-9-14(17)16(13)10(2)15(18)19/h4-8,10H,3,9H2,1-2H3,(H,18,19). The average molecular weight is 291 g/mol. The van der Waals surface area contributed by atoms with Gasteiger partial charge in [0, 0.05) is 0 Å². The number of rotatable bonds is 4. The lowest BCUT2D eigenvalue weighted by Gasteiger charge is -2.31. The van der Waals surface area contributed by atoms with Gasteiger partial charge in [0.05, 0.1) is 11.4 Å². The van der Waals surface area contributed by atoms with Crippen molar-refractivity contribution in [1.29, 1.82) is 0 Å². The number of carboxylic acids is 1. The summed E-state index contributed by atoms with van der Waals surface area (Å²) in [5.41, 5.74) is 2.75. The summed E-state index contributed by atoms with van der Waals surface area (Å²) in [6.45, 7) is 3.61. The number of benzene rings is 1. The van der Waals surface area contributed by atoms with Gasteiger partial charge in [0.25, 0.3) is 0 Å². The summed E-state index contributed by atoms with van der Waals surface area (Å²) in [6, 6.07) is 7.02. The molecule has 0 spiro atoms. The largest absolute Gasteiger partial charge is 0.480 e. The number of carboxylic acid groups (broad SMARTS) is 1. The highest BCUT2D eigenvalue weighted by molar-refractivity contribution is 8.03. The second kappa shape index (κ2) is 6.13. The zero-order valence-corrected chi connectivity index (χ0v) is 12.3. The maximum absolute atomic E-state index is 12.0. The van der Waals surface area contributed by atoms with E-state index in [1.54, 1.807) is 0 Å². The molecule has 106 valence electrons. The van der Waals surface area contributed by atoms with E-state index in [1.165, 1.54) is 29.1 Å². The molecular weight excluding hydrogens is 274 g/mol. The monoisotopic (exact) mass is 291 g/mol. The van der Waals surface area contributed by atoms with Crippen LogP contribution in [0.4, 0.5) is 0 Å². The first kappa shape index (κ1) is 14.7. The summed E-state index contributed by atoms with van der Waals surface area (Å²) >= 11 is 1.40. The lowest BCUT2D eigenvalue weighted by atomic mass is 10.1. The molecule has 1 N–H and O–H groups in total. The first-order chi connectivity index (χ1) is 9.54. The Morgan fingerprint density at radius 3 is 2.60 bits per heavy atom. The van der Waals surface area contributed by atoms with E-state index in [0.29, 0.717) is 5.70 Å². The van der Waals surface area contributed by atoms with Gasteiger partial charge in [0.15, 0.2) is 0 Å². The molecule has 0 aliphatic carbocycles. The summed E-state index contributed by atoms with van der Waals surface area (Å²) in [4.78, 5) is 24.6. The Bertz CT molecular complexity index is 551. The maximum atomic E-state index is 12.0. The SMILES string of the molecule is CCc1ccc(C2=CSCC(=O)N2C(C)C(=O)O)cc1. The van der Waals surface area contributed by atoms with Crippen LogP contribution >= 0.6 is 11.8 Å². The number of carbonyl (C=O) groups excluding carboxylic acids is 1. The third kappa shape index (κ3) is 2.88. The first-order valence-electron chi connectivity index (χ1n) is 6.50. The molecule has 2 rings (SSSR count). The van der Waals surface area contributed by atoms with Gasteiger partial charge < -0.3 is 5.11 Å². The van der Waals surface area contributed by atoms with Gasteiger partial charge in [0.1, 0.15) is 6.04 Å². The van der Waals surface area contributed by atoms with Crippen molar-refractivity contribution in [2.75, 3.05) is 5.75 Å². The van der Waals surface area contributed by atoms with Crippen LogP contribution in [0.25, 0.3) is 5.70 Å². The number of aryl methyl sites for hydroxylation is 1. The van der Waals surface area contributed by atoms with Crippen molar-refractivity contribution in [1.82, 2.24) is 4.90 Å². The van der Waals surface area contributed by atoms with E-state index in [9.17, 15) is 14.7 Å². The van der Waals surface area contributed by atoms with Gasteiger partial charge in [-0.05, 0) is 29.9 Å². The van der Waals surface area contributed by atoms with Crippen LogP contribution in [0.15, 0.2) is 29.7 Å². The second-order valence-electron chi connectivity index (χ2n) is 4.64. The predicted octanol–water partition coefficient (Wildman–Crippen LogP) is 2.60. The summed E-state index contributed by atoms with van der Waals surface area (Å²) in [6.07, 6.45) is 0.947. The number of aliphatic carboxylic acids is 1.